The van der Waals surface area contributed by atoms with E-state index in [-0.39, 0.29) is 0 Å². The van der Waals surface area contributed by atoms with Gasteiger partial charge < -0.3 is 9.52 Å². The fraction of sp³-hybridized carbons (Fsp3) is 0.286. The normalized spacial score (nSPS) is 13.0. The average Bonchev–Trinajstić information content (AvgIpc) is 2.92. The molecule has 0 aliphatic carbocycles. The van der Waals surface area contributed by atoms with Crippen LogP contribution in [-0.4, -0.2) is 19.9 Å². The lowest BCUT2D eigenvalue weighted by Crippen LogP contribution is -2.08. The molecule has 1 N–H and O–H groups in total. The van der Waals surface area contributed by atoms with Crippen LogP contribution in [0.3, 0.4) is 0 Å². The SMILES string of the molecule is Cc1oc2ccccc2c1C(O)Cc1ncnn1C. The smallest absolute Gasteiger partial charge is 0.138 e. The van der Waals surface area contributed by atoms with E-state index in [2.05, 4.69) is 10.1 Å². The molecule has 1 unspecified atom stereocenters. The van der Waals surface area contributed by atoms with Gasteiger partial charge in [0, 0.05) is 24.4 Å². The summed E-state index contributed by atoms with van der Waals surface area (Å²) in [5.41, 5.74) is 1.63. The van der Waals surface area contributed by atoms with Crippen molar-refractivity contribution >= 4 is 11.0 Å². The lowest BCUT2D eigenvalue weighted by Gasteiger charge is -2.09. The summed E-state index contributed by atoms with van der Waals surface area (Å²) in [6, 6.07) is 7.72. The zero-order valence-corrected chi connectivity index (χ0v) is 10.9. The minimum atomic E-state index is -0.647. The highest BCUT2D eigenvalue weighted by Gasteiger charge is 2.20. The molecular weight excluding hydrogens is 242 g/mol. The maximum absolute atomic E-state index is 10.4. The highest BCUT2D eigenvalue weighted by Crippen LogP contribution is 2.31. The van der Waals surface area contributed by atoms with Crippen molar-refractivity contribution in [3.05, 3.63) is 47.7 Å². The number of furan rings is 1. The van der Waals surface area contributed by atoms with E-state index in [4.69, 9.17) is 4.42 Å². The second-order valence-electron chi connectivity index (χ2n) is 4.59. The topological polar surface area (TPSA) is 64.1 Å². The van der Waals surface area contributed by atoms with Crippen LogP contribution in [0.4, 0.5) is 0 Å². The Morgan fingerprint density at radius 1 is 1.37 bits per heavy atom. The number of para-hydroxylation sites is 1. The Kier molecular flexibility index (Phi) is 2.83. The average molecular weight is 257 g/mol. The molecule has 0 fully saturated rings. The molecule has 0 saturated heterocycles. The van der Waals surface area contributed by atoms with E-state index in [1.54, 1.807) is 4.68 Å². The molecule has 0 spiro atoms. The van der Waals surface area contributed by atoms with Crippen molar-refractivity contribution < 1.29 is 9.52 Å². The third kappa shape index (κ3) is 2.02. The highest BCUT2D eigenvalue weighted by molar-refractivity contribution is 5.82. The molecule has 5 heteroatoms. The van der Waals surface area contributed by atoms with E-state index in [1.165, 1.54) is 6.33 Å². The first-order valence-corrected chi connectivity index (χ1v) is 6.16. The molecule has 1 aromatic carbocycles. The molecule has 5 nitrogen and oxygen atoms in total. The number of rotatable bonds is 3. The van der Waals surface area contributed by atoms with Gasteiger partial charge in [0.1, 0.15) is 23.5 Å². The number of aryl methyl sites for hydroxylation is 2. The molecule has 3 rings (SSSR count). The second-order valence-corrected chi connectivity index (χ2v) is 4.59. The number of aromatic nitrogens is 3. The van der Waals surface area contributed by atoms with Gasteiger partial charge in [-0.1, -0.05) is 18.2 Å². The van der Waals surface area contributed by atoms with Gasteiger partial charge in [0.25, 0.3) is 0 Å². The predicted molar refractivity (Wildman–Crippen MR) is 70.6 cm³/mol. The number of benzene rings is 1. The summed E-state index contributed by atoms with van der Waals surface area (Å²) >= 11 is 0. The Hall–Kier alpha value is -2.14. The van der Waals surface area contributed by atoms with Crippen molar-refractivity contribution in [3.63, 3.8) is 0 Å². The van der Waals surface area contributed by atoms with Gasteiger partial charge in [0.05, 0.1) is 6.10 Å². The van der Waals surface area contributed by atoms with Crippen LogP contribution in [0.2, 0.25) is 0 Å². The fourth-order valence-corrected chi connectivity index (χ4v) is 2.38. The minimum absolute atomic E-state index is 0.418. The number of aliphatic hydroxyl groups excluding tert-OH is 1. The van der Waals surface area contributed by atoms with Gasteiger partial charge in [-0.2, -0.15) is 5.10 Å². The first-order chi connectivity index (χ1) is 9.16. The molecule has 0 aliphatic rings. The summed E-state index contributed by atoms with van der Waals surface area (Å²) in [4.78, 5) is 4.14. The van der Waals surface area contributed by atoms with Gasteiger partial charge in [-0.15, -0.1) is 0 Å². The van der Waals surface area contributed by atoms with Crippen LogP contribution in [0.5, 0.6) is 0 Å². The van der Waals surface area contributed by atoms with E-state index < -0.39 is 6.10 Å². The van der Waals surface area contributed by atoms with Crippen molar-refractivity contribution in [2.45, 2.75) is 19.4 Å². The quantitative estimate of drug-likeness (QED) is 0.780. The van der Waals surface area contributed by atoms with E-state index in [9.17, 15) is 5.11 Å². The predicted octanol–water partition coefficient (Wildman–Crippen LogP) is 2.15. The largest absolute Gasteiger partial charge is 0.461 e. The number of hydrogen-bond donors (Lipinski definition) is 1. The lowest BCUT2D eigenvalue weighted by atomic mass is 10.0. The molecule has 2 aromatic heterocycles. The van der Waals surface area contributed by atoms with Crippen LogP contribution in [0.15, 0.2) is 35.0 Å². The molecule has 98 valence electrons. The van der Waals surface area contributed by atoms with Gasteiger partial charge in [-0.3, -0.25) is 4.68 Å². The number of aliphatic hydroxyl groups is 1. The van der Waals surface area contributed by atoms with Crippen LogP contribution < -0.4 is 0 Å². The number of hydrogen-bond acceptors (Lipinski definition) is 4. The molecule has 2 heterocycles. The molecule has 0 saturated carbocycles. The monoisotopic (exact) mass is 257 g/mol. The standard InChI is InChI=1S/C14H15N3O2/c1-9-14(10-5-3-4-6-12(10)19-9)11(18)7-13-15-8-16-17(13)2/h3-6,8,11,18H,7H2,1-2H3. The summed E-state index contributed by atoms with van der Waals surface area (Å²) in [6.07, 6.45) is 1.26. The summed E-state index contributed by atoms with van der Waals surface area (Å²) < 4.78 is 7.33. The Morgan fingerprint density at radius 3 is 2.89 bits per heavy atom. The van der Waals surface area contributed by atoms with Crippen molar-refractivity contribution in [2.24, 2.45) is 7.05 Å². The maximum Gasteiger partial charge on any atom is 0.138 e. The zero-order chi connectivity index (χ0) is 13.4. The second kappa shape index (κ2) is 4.51. The first-order valence-electron chi connectivity index (χ1n) is 6.16. The Labute approximate surface area is 110 Å². The molecule has 19 heavy (non-hydrogen) atoms. The van der Waals surface area contributed by atoms with Crippen LogP contribution >= 0.6 is 0 Å². The van der Waals surface area contributed by atoms with Crippen LogP contribution in [-0.2, 0) is 13.5 Å². The zero-order valence-electron chi connectivity index (χ0n) is 10.9. The molecule has 1 atom stereocenters. The molecule has 3 aromatic rings. The van der Waals surface area contributed by atoms with Crippen molar-refractivity contribution in [2.75, 3.05) is 0 Å². The molecule has 0 radical (unpaired) electrons. The van der Waals surface area contributed by atoms with Gasteiger partial charge in [0.15, 0.2) is 0 Å². The third-order valence-corrected chi connectivity index (χ3v) is 3.33. The van der Waals surface area contributed by atoms with Crippen molar-refractivity contribution in [3.8, 4) is 0 Å². The molecule has 0 amide bonds. The number of fused-ring (bicyclic) bond motifs is 1. The van der Waals surface area contributed by atoms with Crippen molar-refractivity contribution in [1.82, 2.24) is 14.8 Å². The Morgan fingerprint density at radius 2 is 2.16 bits per heavy atom. The molecule has 0 aliphatic heterocycles. The lowest BCUT2D eigenvalue weighted by molar-refractivity contribution is 0.173. The van der Waals surface area contributed by atoms with Crippen LogP contribution in [0.25, 0.3) is 11.0 Å². The van der Waals surface area contributed by atoms with E-state index in [1.807, 2.05) is 38.2 Å². The Bertz CT molecular complexity index is 714. The summed E-state index contributed by atoms with van der Waals surface area (Å²) in [5, 5.41) is 15.4. The number of nitrogens with zero attached hydrogens (tertiary/aromatic N) is 3. The van der Waals surface area contributed by atoms with Gasteiger partial charge in [-0.25, -0.2) is 4.98 Å². The minimum Gasteiger partial charge on any atom is -0.461 e. The molecule has 0 bridgehead atoms. The fourth-order valence-electron chi connectivity index (χ4n) is 2.38. The third-order valence-electron chi connectivity index (χ3n) is 3.33. The van der Waals surface area contributed by atoms with Gasteiger partial charge in [0.2, 0.25) is 0 Å². The summed E-state index contributed by atoms with van der Waals surface area (Å²) in [5.74, 6) is 1.49. The van der Waals surface area contributed by atoms with E-state index in [0.29, 0.717) is 6.42 Å². The Balaban J connectivity index is 2.00. The van der Waals surface area contributed by atoms with Gasteiger partial charge >= 0.3 is 0 Å². The van der Waals surface area contributed by atoms with Crippen molar-refractivity contribution in [1.29, 1.82) is 0 Å². The van der Waals surface area contributed by atoms with Crippen LogP contribution in [0.1, 0.15) is 23.3 Å². The maximum atomic E-state index is 10.4. The highest BCUT2D eigenvalue weighted by atomic mass is 16.3. The van der Waals surface area contributed by atoms with E-state index >= 15 is 0 Å². The first kappa shape index (κ1) is 11.9. The van der Waals surface area contributed by atoms with Crippen LogP contribution in [0, 0.1) is 6.92 Å². The summed E-state index contributed by atoms with van der Waals surface area (Å²) in [6.45, 7) is 1.87. The summed E-state index contributed by atoms with van der Waals surface area (Å²) in [7, 11) is 1.81. The van der Waals surface area contributed by atoms with Gasteiger partial charge in [-0.05, 0) is 13.0 Å². The molecular formula is C14H15N3O2. The van der Waals surface area contributed by atoms with E-state index in [0.717, 1.165) is 28.1 Å².